The van der Waals surface area contributed by atoms with Crippen LogP contribution < -0.4 is 0 Å². The molecule has 41 valence electrons. The van der Waals surface area contributed by atoms with E-state index in [1.54, 1.807) is 0 Å². The van der Waals surface area contributed by atoms with E-state index in [0.717, 1.165) is 0 Å². The van der Waals surface area contributed by atoms with Crippen LogP contribution in [-0.4, -0.2) is 18.7 Å². The van der Waals surface area contributed by atoms with Gasteiger partial charge in [0.05, 0.1) is 11.0 Å². The molecule has 0 aliphatic carbocycles. The van der Waals surface area contributed by atoms with Gasteiger partial charge in [0.2, 0.25) is 0 Å². The lowest BCUT2D eigenvalue weighted by molar-refractivity contribution is 0.293. The van der Waals surface area contributed by atoms with Gasteiger partial charge in [-0.05, 0) is 0 Å². The normalized spacial score (nSPS) is 8.86. The molecule has 0 aliphatic rings. The fraction of sp³-hybridized carbons (Fsp3) is 1.00. The maximum atomic E-state index is 4.61. The minimum absolute atomic E-state index is 0.472. The van der Waals surface area contributed by atoms with Crippen LogP contribution in [0.15, 0.2) is 0 Å². The quantitative estimate of drug-likeness (QED) is 0.411. The largest absolute Gasteiger partial charge is 0.489 e. The predicted octanol–water partition coefficient (Wildman–Crippen LogP) is 1.26. The Kier molecular flexibility index (Phi) is 7.88. The molecule has 0 rings (SSSR count). The zero-order chi connectivity index (χ0) is 5.54. The van der Waals surface area contributed by atoms with Crippen molar-refractivity contribution < 1.29 is 9.31 Å². The Morgan fingerprint density at radius 1 is 1.14 bits per heavy atom. The molecule has 0 saturated carbocycles. The van der Waals surface area contributed by atoms with Gasteiger partial charge in [-0.3, -0.25) is 0 Å². The van der Waals surface area contributed by atoms with Gasteiger partial charge in [0.1, 0.15) is 0 Å². The summed E-state index contributed by atoms with van der Waals surface area (Å²) in [5, 5.41) is 0. The Balaban J connectivity index is 2.45. The van der Waals surface area contributed by atoms with Gasteiger partial charge in [-0.15, -0.1) is 0 Å². The van der Waals surface area contributed by atoms with Crippen molar-refractivity contribution in [3.05, 3.63) is 0 Å². The van der Waals surface area contributed by atoms with Crippen LogP contribution in [0.4, 0.5) is 0 Å². The summed E-state index contributed by atoms with van der Waals surface area (Å²) in [5.74, 6) is 0. The number of alkyl halides is 2. The van der Waals surface area contributed by atoms with Crippen molar-refractivity contribution in [2.45, 2.75) is 0 Å². The number of hydrogen-bond donors (Lipinski definition) is 0. The molecule has 0 bridgehead atoms. The van der Waals surface area contributed by atoms with Crippen LogP contribution in [-0.2, 0) is 9.31 Å². The molecule has 0 aromatic rings. The first-order valence-corrected chi connectivity index (χ1v) is 3.83. The smallest absolute Gasteiger partial charge is 0.403 e. The minimum Gasteiger partial charge on any atom is -0.403 e. The van der Waals surface area contributed by atoms with Gasteiger partial charge in [0, 0.05) is 0 Å². The molecule has 7 heavy (non-hydrogen) atoms. The zero-order valence-corrected chi connectivity index (χ0v) is 6.74. The van der Waals surface area contributed by atoms with Crippen LogP contribution in [0.3, 0.4) is 0 Å². The number of hydrogen-bond acceptors (Lipinski definition) is 2. The molecule has 0 N–H and O–H groups in total. The lowest BCUT2D eigenvalue weighted by atomic mass is 10.4. The molecule has 0 aromatic heterocycles. The van der Waals surface area contributed by atoms with E-state index >= 15 is 0 Å². The van der Waals surface area contributed by atoms with Crippen molar-refractivity contribution in [1.82, 2.24) is 0 Å². The summed E-state index contributed by atoms with van der Waals surface area (Å²) in [5.41, 5.74) is 0.944. The van der Waals surface area contributed by atoms with Gasteiger partial charge in [-0.25, -0.2) is 0 Å². The second-order valence-corrected chi connectivity index (χ2v) is 1.56. The molecule has 0 atom stereocenters. The van der Waals surface area contributed by atoms with Crippen molar-refractivity contribution in [3.63, 3.8) is 0 Å². The molecule has 2 nitrogen and oxygen atoms in total. The van der Waals surface area contributed by atoms with E-state index < -0.39 is 0 Å². The average Bonchev–Trinajstić information content (AvgIpc) is 1.69. The Hall–Kier alpha value is 0.945. The molecule has 5 heteroatoms. The molecule has 0 unspecified atom stereocenters. The Morgan fingerprint density at radius 3 is 1.86 bits per heavy atom. The first kappa shape index (κ1) is 7.94. The number of rotatable bonds is 4. The summed E-state index contributed by atoms with van der Waals surface area (Å²) in [6, 6.07) is 0. The van der Waals surface area contributed by atoms with Crippen LogP contribution in [0.25, 0.3) is 0 Å². The fourth-order valence-electron chi connectivity index (χ4n) is 0.0995. The van der Waals surface area contributed by atoms with Crippen LogP contribution in [0.2, 0.25) is 0 Å². The molecular formula is C2H4BBr2O2. The third kappa shape index (κ3) is 6.94. The highest BCUT2D eigenvalue weighted by Gasteiger charge is 1.86. The first-order chi connectivity index (χ1) is 3.41. The Morgan fingerprint density at radius 2 is 1.57 bits per heavy atom. The van der Waals surface area contributed by atoms with Gasteiger partial charge < -0.3 is 9.31 Å². The highest BCUT2D eigenvalue weighted by molar-refractivity contribution is 9.09. The topological polar surface area (TPSA) is 18.5 Å². The van der Waals surface area contributed by atoms with Gasteiger partial charge in [0.15, 0.2) is 0 Å². The molecular weight excluding hydrogens is 227 g/mol. The molecule has 0 amide bonds. The van der Waals surface area contributed by atoms with Crippen LogP contribution in [0, 0.1) is 0 Å². The van der Waals surface area contributed by atoms with Gasteiger partial charge >= 0.3 is 7.69 Å². The van der Waals surface area contributed by atoms with Crippen molar-refractivity contribution in [1.29, 1.82) is 0 Å². The SMILES string of the molecule is BrCO[B]OCBr. The van der Waals surface area contributed by atoms with E-state index in [4.69, 9.17) is 0 Å². The molecule has 0 saturated heterocycles. The third-order valence-corrected chi connectivity index (χ3v) is 0.791. The summed E-state index contributed by atoms with van der Waals surface area (Å²) >= 11 is 6.06. The van der Waals surface area contributed by atoms with E-state index in [0.29, 0.717) is 11.0 Å². The van der Waals surface area contributed by atoms with E-state index in [2.05, 4.69) is 41.2 Å². The highest BCUT2D eigenvalue weighted by atomic mass is 79.9. The molecule has 0 aliphatic heterocycles. The van der Waals surface area contributed by atoms with Crippen molar-refractivity contribution >= 4 is 39.5 Å². The Bertz CT molecular complexity index is 32.9. The monoisotopic (exact) mass is 229 g/mol. The summed E-state index contributed by atoms with van der Waals surface area (Å²) in [4.78, 5) is 0. The fourth-order valence-corrected chi connectivity index (χ4v) is 0.315. The van der Waals surface area contributed by atoms with E-state index in [9.17, 15) is 0 Å². The van der Waals surface area contributed by atoms with E-state index in [1.807, 2.05) is 0 Å². The molecule has 0 fully saturated rings. The predicted molar refractivity (Wildman–Crippen MR) is 35.5 cm³/mol. The standard InChI is InChI=1S/C2H4BBr2O2/c4-1-6-3-7-2-5/h1-2H2. The lowest BCUT2D eigenvalue weighted by Gasteiger charge is -1.92. The van der Waals surface area contributed by atoms with Crippen molar-refractivity contribution in [3.8, 4) is 0 Å². The Labute approximate surface area is 60.1 Å². The van der Waals surface area contributed by atoms with E-state index in [-0.39, 0.29) is 0 Å². The summed E-state index contributed by atoms with van der Waals surface area (Å²) in [7, 11) is 1.27. The van der Waals surface area contributed by atoms with Gasteiger partial charge in [0.25, 0.3) is 0 Å². The zero-order valence-electron chi connectivity index (χ0n) is 3.56. The second kappa shape index (κ2) is 6.94. The maximum absolute atomic E-state index is 4.61. The second-order valence-electron chi connectivity index (χ2n) is 0.648. The summed E-state index contributed by atoms with van der Waals surface area (Å²) in [6.07, 6.45) is 0. The van der Waals surface area contributed by atoms with Crippen LogP contribution in [0.1, 0.15) is 0 Å². The van der Waals surface area contributed by atoms with Crippen molar-refractivity contribution in [2.24, 2.45) is 0 Å². The minimum atomic E-state index is 0.472. The van der Waals surface area contributed by atoms with Crippen LogP contribution in [0.5, 0.6) is 0 Å². The first-order valence-electron chi connectivity index (χ1n) is 1.58. The summed E-state index contributed by atoms with van der Waals surface area (Å²) in [6.45, 7) is 0. The highest BCUT2D eigenvalue weighted by Crippen LogP contribution is 1.83. The maximum Gasteiger partial charge on any atom is 0.489 e. The average molecular weight is 231 g/mol. The molecule has 0 aromatic carbocycles. The van der Waals surface area contributed by atoms with Gasteiger partial charge in [-0.2, -0.15) is 0 Å². The molecule has 0 heterocycles. The molecule has 0 spiro atoms. The molecule has 1 radical (unpaired) electrons. The number of halogens is 2. The van der Waals surface area contributed by atoms with Gasteiger partial charge in [-0.1, -0.05) is 31.9 Å². The van der Waals surface area contributed by atoms with Crippen molar-refractivity contribution in [2.75, 3.05) is 11.0 Å². The summed E-state index contributed by atoms with van der Waals surface area (Å²) < 4.78 is 9.23. The lowest BCUT2D eigenvalue weighted by Crippen LogP contribution is -2.00. The third-order valence-electron chi connectivity index (χ3n) is 0.262. The van der Waals surface area contributed by atoms with Crippen LogP contribution >= 0.6 is 31.9 Å². The van der Waals surface area contributed by atoms with E-state index in [1.165, 1.54) is 7.69 Å².